The van der Waals surface area contributed by atoms with E-state index in [0.717, 1.165) is 22.2 Å². The lowest BCUT2D eigenvalue weighted by Gasteiger charge is -2.19. The Morgan fingerprint density at radius 3 is 2.65 bits per heavy atom. The second-order valence-electron chi connectivity index (χ2n) is 6.21. The monoisotopic (exact) mass is 386 g/mol. The molecule has 0 unspecified atom stereocenters. The van der Waals surface area contributed by atoms with Gasteiger partial charge in [-0.2, -0.15) is 0 Å². The fraction of sp³-hybridized carbons (Fsp3) is 0.588. The first-order valence-corrected chi connectivity index (χ1v) is 8.70. The van der Waals surface area contributed by atoms with E-state index in [0.29, 0.717) is 26.2 Å². The van der Waals surface area contributed by atoms with E-state index in [1.54, 1.807) is 0 Å². The summed E-state index contributed by atoms with van der Waals surface area (Å²) in [6.07, 6.45) is 0.580. The second kappa shape index (κ2) is 9.78. The SMILES string of the molecule is CCCOc1ccc(Br)cc1CNCCNC(=O)OC(C)(C)C. The van der Waals surface area contributed by atoms with Crippen molar-refractivity contribution in [3.63, 3.8) is 0 Å². The molecule has 130 valence electrons. The van der Waals surface area contributed by atoms with Gasteiger partial charge in [0.2, 0.25) is 0 Å². The molecule has 0 saturated heterocycles. The van der Waals surface area contributed by atoms with Crippen molar-refractivity contribution in [2.45, 2.75) is 46.3 Å². The van der Waals surface area contributed by atoms with E-state index in [2.05, 4.69) is 33.5 Å². The summed E-state index contributed by atoms with van der Waals surface area (Å²) in [5.41, 5.74) is 0.615. The Kier molecular flexibility index (Phi) is 8.41. The zero-order valence-electron chi connectivity index (χ0n) is 14.4. The fourth-order valence-electron chi connectivity index (χ4n) is 1.83. The van der Waals surface area contributed by atoms with Crippen LogP contribution in [-0.4, -0.2) is 31.4 Å². The Labute approximate surface area is 147 Å². The van der Waals surface area contributed by atoms with Crippen LogP contribution in [-0.2, 0) is 11.3 Å². The lowest BCUT2D eigenvalue weighted by atomic mass is 10.2. The fourth-order valence-corrected chi connectivity index (χ4v) is 2.24. The first-order chi connectivity index (χ1) is 10.8. The van der Waals surface area contributed by atoms with Gasteiger partial charge in [0.1, 0.15) is 11.4 Å². The van der Waals surface area contributed by atoms with Gasteiger partial charge in [-0.15, -0.1) is 0 Å². The van der Waals surface area contributed by atoms with Gasteiger partial charge in [0.15, 0.2) is 0 Å². The number of alkyl carbamates (subject to hydrolysis) is 1. The van der Waals surface area contributed by atoms with E-state index in [4.69, 9.17) is 9.47 Å². The van der Waals surface area contributed by atoms with Crippen molar-refractivity contribution in [1.29, 1.82) is 0 Å². The summed E-state index contributed by atoms with van der Waals surface area (Å²) in [5.74, 6) is 0.891. The molecule has 1 aromatic rings. The van der Waals surface area contributed by atoms with E-state index >= 15 is 0 Å². The van der Waals surface area contributed by atoms with Crippen molar-refractivity contribution in [3.05, 3.63) is 28.2 Å². The molecule has 0 aromatic heterocycles. The average Bonchev–Trinajstić information content (AvgIpc) is 2.44. The smallest absolute Gasteiger partial charge is 0.407 e. The topological polar surface area (TPSA) is 59.6 Å². The molecule has 23 heavy (non-hydrogen) atoms. The molecule has 1 aromatic carbocycles. The first kappa shape index (κ1) is 19.8. The number of rotatable bonds is 8. The van der Waals surface area contributed by atoms with Gasteiger partial charge >= 0.3 is 6.09 Å². The molecule has 0 aliphatic heterocycles. The minimum atomic E-state index is -0.473. The maximum absolute atomic E-state index is 11.5. The normalized spacial score (nSPS) is 11.2. The predicted molar refractivity (Wildman–Crippen MR) is 95.9 cm³/mol. The average molecular weight is 387 g/mol. The van der Waals surface area contributed by atoms with Crippen LogP contribution in [0, 0.1) is 0 Å². The Balaban J connectivity index is 2.35. The molecule has 2 N–H and O–H groups in total. The Bertz CT molecular complexity index is 501. The molecular formula is C17H27BrN2O3. The quantitative estimate of drug-likeness (QED) is 0.666. The molecule has 0 fully saturated rings. The van der Waals surface area contributed by atoms with Crippen LogP contribution in [0.15, 0.2) is 22.7 Å². The maximum atomic E-state index is 11.5. The highest BCUT2D eigenvalue weighted by Crippen LogP contribution is 2.23. The van der Waals surface area contributed by atoms with Crippen molar-refractivity contribution >= 4 is 22.0 Å². The van der Waals surface area contributed by atoms with Gasteiger partial charge in [0.25, 0.3) is 0 Å². The number of carbonyl (C=O) groups is 1. The minimum Gasteiger partial charge on any atom is -0.493 e. The summed E-state index contributed by atoms with van der Waals surface area (Å²) in [5, 5.41) is 6.01. The van der Waals surface area contributed by atoms with Gasteiger partial charge in [0.05, 0.1) is 6.61 Å². The third-order valence-corrected chi connectivity index (χ3v) is 3.26. The number of amides is 1. The number of carbonyl (C=O) groups excluding carboxylic acids is 1. The van der Waals surface area contributed by atoms with Crippen molar-refractivity contribution in [3.8, 4) is 5.75 Å². The molecule has 5 nitrogen and oxygen atoms in total. The number of hydrogen-bond acceptors (Lipinski definition) is 4. The van der Waals surface area contributed by atoms with Crippen LogP contribution in [0.3, 0.4) is 0 Å². The molecule has 0 bridgehead atoms. The van der Waals surface area contributed by atoms with Crippen LogP contribution < -0.4 is 15.4 Å². The molecule has 0 atom stereocenters. The van der Waals surface area contributed by atoms with Crippen molar-refractivity contribution in [2.24, 2.45) is 0 Å². The third kappa shape index (κ3) is 8.81. The number of halogens is 1. The predicted octanol–water partition coefficient (Wildman–Crippen LogP) is 3.85. The van der Waals surface area contributed by atoms with E-state index in [1.165, 1.54) is 0 Å². The summed E-state index contributed by atoms with van der Waals surface area (Å²) in [7, 11) is 0. The zero-order valence-corrected chi connectivity index (χ0v) is 16.0. The van der Waals surface area contributed by atoms with Gasteiger partial charge in [-0.25, -0.2) is 4.79 Å². The van der Waals surface area contributed by atoms with Crippen LogP contribution in [0.25, 0.3) is 0 Å². The zero-order chi connectivity index (χ0) is 17.3. The molecule has 0 saturated carbocycles. The Hall–Kier alpha value is -1.27. The Morgan fingerprint density at radius 2 is 2.00 bits per heavy atom. The summed E-state index contributed by atoms with van der Waals surface area (Å²) < 4.78 is 11.9. The standard InChI is InChI=1S/C17H27BrN2O3/c1-5-10-22-15-7-6-14(18)11-13(15)12-19-8-9-20-16(21)23-17(2,3)4/h6-7,11,19H,5,8-10,12H2,1-4H3,(H,20,21). The molecule has 6 heteroatoms. The van der Waals surface area contributed by atoms with E-state index in [-0.39, 0.29) is 0 Å². The highest BCUT2D eigenvalue weighted by atomic mass is 79.9. The number of benzene rings is 1. The summed E-state index contributed by atoms with van der Waals surface area (Å²) in [4.78, 5) is 11.5. The molecule has 0 aliphatic carbocycles. The first-order valence-electron chi connectivity index (χ1n) is 7.90. The van der Waals surface area contributed by atoms with E-state index in [9.17, 15) is 4.79 Å². The third-order valence-electron chi connectivity index (χ3n) is 2.77. The van der Waals surface area contributed by atoms with Gasteiger partial charge in [-0.1, -0.05) is 22.9 Å². The van der Waals surface area contributed by atoms with Crippen LogP contribution in [0.2, 0.25) is 0 Å². The van der Waals surface area contributed by atoms with Crippen molar-refractivity contribution in [2.75, 3.05) is 19.7 Å². The van der Waals surface area contributed by atoms with Crippen molar-refractivity contribution in [1.82, 2.24) is 10.6 Å². The van der Waals surface area contributed by atoms with Gasteiger partial charge < -0.3 is 20.1 Å². The molecular weight excluding hydrogens is 360 g/mol. The summed E-state index contributed by atoms with van der Waals surface area (Å²) in [6.45, 7) is 10.2. The maximum Gasteiger partial charge on any atom is 0.407 e. The molecule has 0 spiro atoms. The molecule has 0 aliphatic rings. The molecule has 0 radical (unpaired) electrons. The number of ether oxygens (including phenoxy) is 2. The lowest BCUT2D eigenvalue weighted by molar-refractivity contribution is 0.0528. The van der Waals surface area contributed by atoms with Gasteiger partial charge in [-0.3, -0.25) is 0 Å². The molecule has 1 amide bonds. The van der Waals surface area contributed by atoms with Crippen LogP contribution >= 0.6 is 15.9 Å². The van der Waals surface area contributed by atoms with Gasteiger partial charge in [-0.05, 0) is 45.4 Å². The van der Waals surface area contributed by atoms with Crippen LogP contribution in [0.4, 0.5) is 4.79 Å². The number of hydrogen-bond donors (Lipinski definition) is 2. The number of nitrogens with one attached hydrogen (secondary N) is 2. The molecule has 0 heterocycles. The highest BCUT2D eigenvalue weighted by molar-refractivity contribution is 9.10. The molecule has 1 rings (SSSR count). The Morgan fingerprint density at radius 1 is 1.26 bits per heavy atom. The van der Waals surface area contributed by atoms with E-state index < -0.39 is 11.7 Å². The van der Waals surface area contributed by atoms with Crippen LogP contribution in [0.1, 0.15) is 39.7 Å². The summed E-state index contributed by atoms with van der Waals surface area (Å²) in [6, 6.07) is 5.98. The largest absolute Gasteiger partial charge is 0.493 e. The second-order valence-corrected chi connectivity index (χ2v) is 7.12. The minimum absolute atomic E-state index is 0.395. The van der Waals surface area contributed by atoms with E-state index in [1.807, 2.05) is 39.0 Å². The van der Waals surface area contributed by atoms with Crippen LogP contribution in [0.5, 0.6) is 5.75 Å². The summed E-state index contributed by atoms with van der Waals surface area (Å²) >= 11 is 3.48. The van der Waals surface area contributed by atoms with Gasteiger partial charge in [0, 0.05) is 29.7 Å². The highest BCUT2D eigenvalue weighted by Gasteiger charge is 2.15. The van der Waals surface area contributed by atoms with Crippen molar-refractivity contribution < 1.29 is 14.3 Å². The lowest BCUT2D eigenvalue weighted by Crippen LogP contribution is -2.36.